The van der Waals surface area contributed by atoms with E-state index < -0.39 is 17.9 Å². The summed E-state index contributed by atoms with van der Waals surface area (Å²) in [7, 11) is 0. The van der Waals surface area contributed by atoms with Gasteiger partial charge in [-0.15, -0.1) is 10.2 Å². The summed E-state index contributed by atoms with van der Waals surface area (Å²) in [6, 6.07) is 6.46. The summed E-state index contributed by atoms with van der Waals surface area (Å²) >= 11 is 3.24. The third-order valence-electron chi connectivity index (χ3n) is 7.35. The molecule has 4 aromatic rings. The number of halogens is 5. The van der Waals surface area contributed by atoms with Gasteiger partial charge in [0.15, 0.2) is 0 Å². The average Bonchev–Trinajstić information content (AvgIpc) is 3.46. The second-order valence-corrected chi connectivity index (χ2v) is 10.7. The van der Waals surface area contributed by atoms with Crippen LogP contribution in [-0.2, 0) is 24.0 Å². The number of benzene rings is 1. The predicted octanol–water partition coefficient (Wildman–Crippen LogP) is 4.33. The van der Waals surface area contributed by atoms with Gasteiger partial charge < -0.3 is 9.15 Å². The lowest BCUT2D eigenvalue weighted by Crippen LogP contribution is -2.52. The number of alkyl halides is 3. The van der Waals surface area contributed by atoms with Crippen LogP contribution in [0.25, 0.3) is 22.5 Å². The van der Waals surface area contributed by atoms with E-state index >= 15 is 0 Å². The molecule has 1 aromatic carbocycles. The Morgan fingerprint density at radius 2 is 1.79 bits per heavy atom. The Kier molecular flexibility index (Phi) is 6.79. The molecular formula is C25H23BrF4N6O3. The second-order valence-electron chi connectivity index (χ2n) is 9.85. The number of rotatable bonds is 6. The highest BCUT2D eigenvalue weighted by Gasteiger charge is 2.38. The van der Waals surface area contributed by atoms with Gasteiger partial charge >= 0.3 is 17.8 Å². The van der Waals surface area contributed by atoms with Crippen molar-refractivity contribution < 1.29 is 26.7 Å². The number of aromatic nitrogens is 5. The van der Waals surface area contributed by atoms with Gasteiger partial charge in [-0.05, 0) is 66.0 Å². The van der Waals surface area contributed by atoms with Crippen LogP contribution in [-0.4, -0.2) is 61.6 Å². The van der Waals surface area contributed by atoms with E-state index in [-0.39, 0.29) is 28.2 Å². The lowest BCUT2D eigenvalue weighted by Gasteiger charge is -2.41. The molecule has 0 bridgehead atoms. The van der Waals surface area contributed by atoms with Crippen molar-refractivity contribution in [3.8, 4) is 11.5 Å². The fraction of sp³-hybridized carbons (Fsp3) is 0.440. The number of fused-ring (bicyclic) bond motifs is 1. The van der Waals surface area contributed by atoms with Crippen molar-refractivity contribution in [1.82, 2.24) is 29.2 Å². The Balaban J connectivity index is 1.25. The van der Waals surface area contributed by atoms with E-state index in [4.69, 9.17) is 9.15 Å². The molecule has 2 saturated heterocycles. The van der Waals surface area contributed by atoms with Crippen molar-refractivity contribution in [1.29, 1.82) is 0 Å². The minimum absolute atomic E-state index is 0.0431. The van der Waals surface area contributed by atoms with Gasteiger partial charge in [0.2, 0.25) is 5.89 Å². The van der Waals surface area contributed by atoms with E-state index in [0.717, 1.165) is 39.1 Å². The van der Waals surface area contributed by atoms with Crippen molar-refractivity contribution in [2.24, 2.45) is 5.92 Å². The molecule has 2 aliphatic rings. The molecule has 0 radical (unpaired) electrons. The van der Waals surface area contributed by atoms with Crippen LogP contribution in [0.2, 0.25) is 0 Å². The Hall–Kier alpha value is -3.10. The third-order valence-corrected chi connectivity index (χ3v) is 7.95. The van der Waals surface area contributed by atoms with E-state index in [9.17, 15) is 22.4 Å². The fourth-order valence-electron chi connectivity index (χ4n) is 5.09. The smallest absolute Gasteiger partial charge is 0.413 e. The molecule has 0 saturated carbocycles. The molecule has 206 valence electrons. The largest absolute Gasteiger partial charge is 0.470 e. The number of imidazole rings is 1. The fourth-order valence-corrected chi connectivity index (χ4v) is 5.42. The van der Waals surface area contributed by atoms with E-state index in [1.807, 2.05) is 0 Å². The number of piperidine rings is 1. The monoisotopic (exact) mass is 610 g/mol. The first-order chi connectivity index (χ1) is 18.7. The van der Waals surface area contributed by atoms with E-state index in [0.29, 0.717) is 35.2 Å². The number of ether oxygens (including phenoxy) is 1. The predicted molar refractivity (Wildman–Crippen MR) is 134 cm³/mol. The molecule has 3 aromatic heterocycles. The topological polar surface area (TPSA) is 91.2 Å². The van der Waals surface area contributed by atoms with Crippen LogP contribution in [0.5, 0.6) is 0 Å². The molecule has 0 unspecified atom stereocenters. The van der Waals surface area contributed by atoms with E-state index in [1.54, 1.807) is 16.7 Å². The number of nitrogens with zero attached hydrogens (tertiary/aromatic N) is 6. The summed E-state index contributed by atoms with van der Waals surface area (Å²) in [5.41, 5.74) is 1.42. The Morgan fingerprint density at radius 1 is 1.05 bits per heavy atom. The number of likely N-dealkylation sites (tertiary alicyclic amines) is 1. The maximum Gasteiger partial charge on any atom is 0.470 e. The van der Waals surface area contributed by atoms with Crippen LogP contribution in [0, 0.1) is 11.7 Å². The Morgan fingerprint density at radius 3 is 2.41 bits per heavy atom. The van der Waals surface area contributed by atoms with Gasteiger partial charge in [0.1, 0.15) is 5.82 Å². The Labute approximate surface area is 227 Å². The normalized spacial score (nSPS) is 17.7. The standard InChI is InChI=1S/C25H23BrF4N6O3/c26-18-7-20-21(8-19(18)27)36(24(37)35(20)10-14-3-5-34(6-4-14)17-12-38-13-17)11-16-2-1-15(9-31-16)22-32-33-23(39-22)25(28,29)30/h1-2,7-9,14,17H,3-6,10-13H2. The first-order valence-electron chi connectivity index (χ1n) is 12.4. The number of pyridine rings is 1. The highest BCUT2D eigenvalue weighted by molar-refractivity contribution is 9.10. The summed E-state index contributed by atoms with van der Waals surface area (Å²) in [6.45, 7) is 4.00. The van der Waals surface area contributed by atoms with Crippen molar-refractivity contribution >= 4 is 27.0 Å². The summed E-state index contributed by atoms with van der Waals surface area (Å²) in [4.78, 5) is 20.3. The van der Waals surface area contributed by atoms with E-state index in [2.05, 4.69) is 36.0 Å². The molecule has 14 heteroatoms. The van der Waals surface area contributed by atoms with Crippen LogP contribution in [0.15, 0.2) is 44.1 Å². The van der Waals surface area contributed by atoms with Crippen LogP contribution in [0.4, 0.5) is 17.6 Å². The van der Waals surface area contributed by atoms with Gasteiger partial charge in [-0.3, -0.25) is 19.0 Å². The lowest BCUT2D eigenvalue weighted by molar-refractivity contribution is -0.156. The molecule has 0 aliphatic carbocycles. The summed E-state index contributed by atoms with van der Waals surface area (Å²) < 4.78 is 66.3. The van der Waals surface area contributed by atoms with Gasteiger partial charge in [-0.1, -0.05) is 0 Å². The molecule has 5 heterocycles. The maximum atomic E-state index is 14.5. The minimum Gasteiger partial charge on any atom is -0.413 e. The van der Waals surface area contributed by atoms with Crippen molar-refractivity contribution in [3.05, 3.63) is 62.8 Å². The van der Waals surface area contributed by atoms with Gasteiger partial charge in [-0.25, -0.2) is 9.18 Å². The summed E-state index contributed by atoms with van der Waals surface area (Å²) in [5.74, 6) is -1.96. The number of hydrogen-bond donors (Lipinski definition) is 0. The third kappa shape index (κ3) is 5.12. The molecule has 0 amide bonds. The van der Waals surface area contributed by atoms with Crippen LogP contribution < -0.4 is 5.69 Å². The van der Waals surface area contributed by atoms with Crippen molar-refractivity contribution in [2.75, 3.05) is 26.3 Å². The zero-order valence-corrected chi connectivity index (χ0v) is 22.1. The zero-order valence-electron chi connectivity index (χ0n) is 20.5. The first-order valence-corrected chi connectivity index (χ1v) is 13.2. The van der Waals surface area contributed by atoms with Crippen molar-refractivity contribution in [2.45, 2.75) is 38.1 Å². The zero-order chi connectivity index (χ0) is 27.3. The van der Waals surface area contributed by atoms with Gasteiger partial charge in [0.25, 0.3) is 0 Å². The van der Waals surface area contributed by atoms with Crippen LogP contribution >= 0.6 is 15.9 Å². The van der Waals surface area contributed by atoms with Gasteiger partial charge in [0.05, 0.1) is 52.6 Å². The van der Waals surface area contributed by atoms with Crippen LogP contribution in [0.3, 0.4) is 0 Å². The molecule has 2 aliphatic heterocycles. The Bertz CT molecular complexity index is 1550. The molecule has 9 nitrogen and oxygen atoms in total. The van der Waals surface area contributed by atoms with Gasteiger partial charge in [-0.2, -0.15) is 13.2 Å². The molecular weight excluding hydrogens is 588 g/mol. The second kappa shape index (κ2) is 10.1. The summed E-state index contributed by atoms with van der Waals surface area (Å²) in [6.07, 6.45) is -1.55. The molecule has 2 fully saturated rings. The lowest BCUT2D eigenvalue weighted by atomic mass is 9.95. The molecule has 0 spiro atoms. The quantitative estimate of drug-likeness (QED) is 0.300. The molecule has 6 rings (SSSR count). The average molecular weight is 611 g/mol. The van der Waals surface area contributed by atoms with Crippen molar-refractivity contribution in [3.63, 3.8) is 0 Å². The number of hydrogen-bond acceptors (Lipinski definition) is 7. The first kappa shape index (κ1) is 26.1. The van der Waals surface area contributed by atoms with Gasteiger partial charge in [0, 0.05) is 18.8 Å². The maximum absolute atomic E-state index is 14.5. The minimum atomic E-state index is -4.75. The molecule has 0 atom stereocenters. The summed E-state index contributed by atoms with van der Waals surface area (Å²) in [5, 5.41) is 6.45. The molecule has 0 N–H and O–H groups in total. The highest BCUT2D eigenvalue weighted by atomic mass is 79.9. The highest BCUT2D eigenvalue weighted by Crippen LogP contribution is 2.31. The van der Waals surface area contributed by atoms with Crippen LogP contribution in [0.1, 0.15) is 24.4 Å². The van der Waals surface area contributed by atoms with E-state index in [1.165, 1.54) is 22.9 Å². The molecule has 39 heavy (non-hydrogen) atoms. The SMILES string of the molecule is O=c1n(Cc2ccc(-c3nnc(C(F)(F)F)o3)cn2)c2cc(F)c(Br)cc2n1CC1CCN(C2COC2)CC1.